The van der Waals surface area contributed by atoms with E-state index in [0.717, 1.165) is 27.8 Å². The quantitative estimate of drug-likeness (QED) is 0.313. The first-order chi connectivity index (χ1) is 17.7. The molecule has 4 rings (SSSR count). The molecule has 0 bridgehead atoms. The normalized spacial score (nSPS) is 19.2. The molecule has 37 heavy (non-hydrogen) atoms. The number of halogens is 1. The first kappa shape index (κ1) is 27.5. The van der Waals surface area contributed by atoms with Gasteiger partial charge in [0, 0.05) is 23.9 Å². The van der Waals surface area contributed by atoms with Crippen LogP contribution in [0, 0.1) is 19.8 Å². The molecule has 0 aliphatic heterocycles. The number of nitrogens with one attached hydrogen (secondary N) is 2. The molecule has 6 nitrogen and oxygen atoms in total. The largest absolute Gasteiger partial charge is 0.392 e. The lowest BCUT2D eigenvalue weighted by Crippen LogP contribution is -2.41. The van der Waals surface area contributed by atoms with E-state index >= 15 is 0 Å². The van der Waals surface area contributed by atoms with Gasteiger partial charge in [-0.3, -0.25) is 4.79 Å². The summed E-state index contributed by atoms with van der Waals surface area (Å²) >= 11 is 6.16. The summed E-state index contributed by atoms with van der Waals surface area (Å²) in [5.41, 5.74) is 4.55. The zero-order valence-electron chi connectivity index (χ0n) is 21.0. The van der Waals surface area contributed by atoms with Crippen LogP contribution < -0.4 is 10.0 Å². The number of aliphatic hydroxyl groups excluding tert-OH is 2. The summed E-state index contributed by atoms with van der Waals surface area (Å²) in [6.07, 6.45) is -0.496. The number of amides is 1. The maximum absolute atomic E-state index is 13.4. The van der Waals surface area contributed by atoms with Gasteiger partial charge in [-0.2, -0.15) is 0 Å². The zero-order chi connectivity index (χ0) is 26.5. The van der Waals surface area contributed by atoms with Gasteiger partial charge in [-0.15, -0.1) is 0 Å². The molecule has 0 heterocycles. The molecule has 0 spiro atoms. The minimum absolute atomic E-state index is 0.0567. The Hall–Kier alpha value is -2.55. The van der Waals surface area contributed by atoms with Crippen LogP contribution >= 0.6 is 11.6 Å². The van der Waals surface area contributed by atoms with Gasteiger partial charge in [0.05, 0.1) is 23.1 Å². The van der Waals surface area contributed by atoms with Crippen LogP contribution in [0.3, 0.4) is 0 Å². The Morgan fingerprint density at radius 2 is 1.78 bits per heavy atom. The summed E-state index contributed by atoms with van der Waals surface area (Å²) in [6, 6.07) is 20.4. The van der Waals surface area contributed by atoms with Gasteiger partial charge in [0.15, 0.2) is 0 Å². The smallest absolute Gasteiger partial charge is 0.224 e. The summed E-state index contributed by atoms with van der Waals surface area (Å²) < 4.78 is 15.8. The van der Waals surface area contributed by atoms with Crippen molar-refractivity contribution in [1.29, 1.82) is 0 Å². The van der Waals surface area contributed by atoms with E-state index in [2.05, 4.69) is 10.0 Å². The second-order valence-corrected chi connectivity index (χ2v) is 11.4. The molecule has 3 aromatic carbocycles. The van der Waals surface area contributed by atoms with Gasteiger partial charge in [-0.1, -0.05) is 66.2 Å². The fourth-order valence-electron chi connectivity index (χ4n) is 4.82. The summed E-state index contributed by atoms with van der Waals surface area (Å²) in [4.78, 5) is 14.1. The van der Waals surface area contributed by atoms with Gasteiger partial charge in [0.1, 0.15) is 11.0 Å². The van der Waals surface area contributed by atoms with Crippen LogP contribution in [-0.2, 0) is 28.6 Å². The van der Waals surface area contributed by atoms with E-state index in [0.29, 0.717) is 22.8 Å². The van der Waals surface area contributed by atoms with Gasteiger partial charge in [-0.25, -0.2) is 8.93 Å². The lowest BCUT2D eigenvalue weighted by atomic mass is 9.92. The van der Waals surface area contributed by atoms with E-state index in [1.807, 2.05) is 68.4 Å². The summed E-state index contributed by atoms with van der Waals surface area (Å²) in [5, 5.41) is 25.1. The maximum Gasteiger partial charge on any atom is 0.224 e. The minimum atomic E-state index is -1.53. The predicted octanol–water partition coefficient (Wildman–Crippen LogP) is 3.95. The topological polar surface area (TPSA) is 98.7 Å². The molecule has 1 unspecified atom stereocenters. The van der Waals surface area contributed by atoms with Crippen molar-refractivity contribution in [3.8, 4) is 0 Å². The first-order valence-corrected chi connectivity index (χ1v) is 14.0. The van der Waals surface area contributed by atoms with Crippen molar-refractivity contribution in [2.45, 2.75) is 56.3 Å². The molecular weight excluding hydrogens is 508 g/mol. The second-order valence-electron chi connectivity index (χ2n) is 9.72. The fourth-order valence-corrected chi connectivity index (χ4v) is 6.17. The highest BCUT2D eigenvalue weighted by atomic mass is 35.5. The van der Waals surface area contributed by atoms with E-state index in [-0.39, 0.29) is 18.9 Å². The molecule has 1 amide bonds. The highest BCUT2D eigenvalue weighted by Gasteiger charge is 2.34. The van der Waals surface area contributed by atoms with E-state index < -0.39 is 35.2 Å². The van der Waals surface area contributed by atoms with Crippen LogP contribution in [0.2, 0.25) is 5.02 Å². The number of aryl methyl sites for hydroxylation is 2. The number of hydrogen-bond donors (Lipinski definition) is 4. The van der Waals surface area contributed by atoms with Crippen LogP contribution in [0.25, 0.3) is 0 Å². The van der Waals surface area contributed by atoms with Crippen molar-refractivity contribution in [2.24, 2.45) is 5.92 Å². The highest BCUT2D eigenvalue weighted by Crippen LogP contribution is 2.32. The number of aliphatic hydroxyl groups is 2. The molecule has 5 atom stereocenters. The third-order valence-corrected chi connectivity index (χ3v) is 8.54. The monoisotopic (exact) mass is 540 g/mol. The van der Waals surface area contributed by atoms with Crippen molar-refractivity contribution >= 4 is 28.5 Å². The molecule has 0 fully saturated rings. The second kappa shape index (κ2) is 12.3. The molecule has 8 heteroatoms. The first-order valence-electron chi connectivity index (χ1n) is 12.4. The van der Waals surface area contributed by atoms with Crippen LogP contribution in [0.15, 0.2) is 71.6 Å². The van der Waals surface area contributed by atoms with Gasteiger partial charge in [0.2, 0.25) is 5.91 Å². The van der Waals surface area contributed by atoms with Gasteiger partial charge in [0.25, 0.3) is 0 Å². The van der Waals surface area contributed by atoms with Crippen LogP contribution in [-0.4, -0.2) is 39.1 Å². The van der Waals surface area contributed by atoms with Crippen LogP contribution in [0.5, 0.6) is 0 Å². The lowest BCUT2D eigenvalue weighted by molar-refractivity contribution is -0.127. The molecular formula is C29H33ClN2O4S. The summed E-state index contributed by atoms with van der Waals surface area (Å²) in [5.74, 6) is -0.763. The minimum Gasteiger partial charge on any atom is -0.392 e. The van der Waals surface area contributed by atoms with E-state index in [9.17, 15) is 19.2 Å². The molecule has 1 aliphatic carbocycles. The molecule has 4 N–H and O–H groups in total. The van der Waals surface area contributed by atoms with Crippen molar-refractivity contribution in [1.82, 2.24) is 10.0 Å². The lowest BCUT2D eigenvalue weighted by Gasteiger charge is -2.24. The molecule has 0 aromatic heterocycles. The van der Waals surface area contributed by atoms with E-state index in [1.54, 1.807) is 12.1 Å². The zero-order valence-corrected chi connectivity index (χ0v) is 22.6. The fraction of sp³-hybridized carbons (Fsp3) is 0.345. The summed E-state index contributed by atoms with van der Waals surface area (Å²) in [6.45, 7) is 3.75. The molecule has 0 radical (unpaired) electrons. The number of carbonyl (C=O) groups is 1. The van der Waals surface area contributed by atoms with Crippen LogP contribution in [0.1, 0.15) is 40.3 Å². The van der Waals surface area contributed by atoms with Gasteiger partial charge in [-0.05, 0) is 66.6 Å². The molecule has 0 saturated carbocycles. The number of carbonyl (C=O) groups excluding carboxylic acids is 1. The Morgan fingerprint density at radius 3 is 2.54 bits per heavy atom. The Bertz CT molecular complexity index is 1270. The Kier molecular flexibility index (Phi) is 9.16. The SMILES string of the molecule is Cc1cc(S(=O)NC[C@@H](O)C[C@@H](Cc2ccccc2)C(=O)N[C@H]2c3ccccc3C[C@H]2O)c(C)cc1Cl. The number of fused-ring (bicyclic) bond motifs is 1. The standard InChI is InChI=1S/C29H33ClN2O4S/c1-18-13-27(19(2)12-25(18)30)37(36)31-17-23(33)15-22(14-20-8-4-3-5-9-20)29(35)32-28-24-11-7-6-10-21(24)16-26(28)34/h3-13,22-23,26,28,31,33-34H,14-17H2,1-2H3,(H,32,35)/t22-,23+,26-,28+,37?/m1/s1. The predicted molar refractivity (Wildman–Crippen MR) is 147 cm³/mol. The summed E-state index contributed by atoms with van der Waals surface area (Å²) in [7, 11) is -1.53. The number of benzene rings is 3. The highest BCUT2D eigenvalue weighted by molar-refractivity contribution is 7.83. The van der Waals surface area contributed by atoms with Crippen molar-refractivity contribution in [2.75, 3.05) is 6.54 Å². The third kappa shape index (κ3) is 6.86. The van der Waals surface area contributed by atoms with Crippen LogP contribution in [0.4, 0.5) is 0 Å². The molecule has 1 aliphatic rings. The van der Waals surface area contributed by atoms with E-state index in [1.165, 1.54) is 0 Å². The van der Waals surface area contributed by atoms with Gasteiger partial charge >= 0.3 is 0 Å². The number of rotatable bonds is 10. The van der Waals surface area contributed by atoms with Crippen molar-refractivity contribution in [3.05, 3.63) is 99.6 Å². The van der Waals surface area contributed by atoms with E-state index in [4.69, 9.17) is 11.6 Å². The average molecular weight is 541 g/mol. The number of hydrogen-bond acceptors (Lipinski definition) is 4. The van der Waals surface area contributed by atoms with Gasteiger partial charge < -0.3 is 15.5 Å². The third-order valence-electron chi connectivity index (χ3n) is 6.86. The average Bonchev–Trinajstić information content (AvgIpc) is 3.19. The van der Waals surface area contributed by atoms with Crippen molar-refractivity contribution in [3.63, 3.8) is 0 Å². The molecule has 0 saturated heterocycles. The Balaban J connectivity index is 1.43. The molecule has 3 aromatic rings. The van der Waals surface area contributed by atoms with Crippen molar-refractivity contribution < 1.29 is 19.2 Å². The maximum atomic E-state index is 13.4. The molecule has 196 valence electrons. The Morgan fingerprint density at radius 1 is 1.08 bits per heavy atom. The Labute approximate surface area is 225 Å².